The van der Waals surface area contributed by atoms with Crippen molar-refractivity contribution in [3.05, 3.63) is 230 Å². The van der Waals surface area contributed by atoms with Crippen molar-refractivity contribution in [2.75, 3.05) is 4.90 Å². The minimum atomic E-state index is -3.09. The molecule has 0 aliphatic carbocycles. The molecule has 0 amide bonds. The number of halogens is 1. The third-order valence-corrected chi connectivity index (χ3v) is 16.7. The lowest BCUT2D eigenvalue weighted by Crippen LogP contribution is -2.77. The maximum Gasteiger partial charge on any atom is 0.185 e. The van der Waals surface area contributed by atoms with Gasteiger partial charge in [0.25, 0.3) is 0 Å². The highest BCUT2D eigenvalue weighted by Gasteiger charge is 2.50. The lowest BCUT2D eigenvalue weighted by Gasteiger charge is -2.45. The Hall–Kier alpha value is -7.41. The summed E-state index contributed by atoms with van der Waals surface area (Å²) < 4.78 is 19.0. The highest BCUT2D eigenvalue weighted by molar-refractivity contribution is 7.22. The molecule has 3 aromatic heterocycles. The number of pyridine rings is 2. The van der Waals surface area contributed by atoms with E-state index in [0.29, 0.717) is 11.1 Å². The summed E-state index contributed by atoms with van der Waals surface area (Å²) in [7, 11) is -3.09. The van der Waals surface area contributed by atoms with E-state index in [2.05, 4.69) is 166 Å². The van der Waals surface area contributed by atoms with Gasteiger partial charge in [-0.2, -0.15) is 0 Å². The zero-order valence-electron chi connectivity index (χ0n) is 32.0. The smallest absolute Gasteiger partial charge is 0.185 e. The van der Waals surface area contributed by atoms with Crippen LogP contribution in [0.15, 0.2) is 219 Å². The van der Waals surface area contributed by atoms with Gasteiger partial charge in [-0.3, -0.25) is 9.55 Å². The number of para-hydroxylation sites is 3. The van der Waals surface area contributed by atoms with Gasteiger partial charge in [-0.25, -0.2) is 9.37 Å². The van der Waals surface area contributed by atoms with Gasteiger partial charge in [-0.1, -0.05) is 152 Å². The SMILES string of the molecule is FC(c1cccc(-c2ccccn2)c1)c1cccc(-n2c3ccccc3c3c4c(cnc32)N(c2ccccc2)c2ccccc2[Si]4(c2ccccc2)c2ccccc2)c1. The Morgan fingerprint density at radius 2 is 1.14 bits per heavy atom. The topological polar surface area (TPSA) is 34.0 Å². The number of benzene rings is 7. The molecule has 0 fully saturated rings. The van der Waals surface area contributed by atoms with Crippen LogP contribution >= 0.6 is 0 Å². The van der Waals surface area contributed by atoms with Crippen LogP contribution in [0, 0.1) is 0 Å². The first kappa shape index (κ1) is 34.8. The van der Waals surface area contributed by atoms with E-state index < -0.39 is 14.2 Å². The zero-order valence-corrected chi connectivity index (χ0v) is 33.0. The molecule has 0 saturated carbocycles. The Morgan fingerprint density at radius 1 is 0.508 bits per heavy atom. The minimum absolute atomic E-state index is 0.575. The zero-order chi connectivity index (χ0) is 39.3. The number of aromatic nitrogens is 3. The molecule has 6 heteroatoms. The number of anilines is 3. The number of fused-ring (bicyclic) bond motifs is 6. The molecule has 1 aliphatic rings. The Kier molecular flexibility index (Phi) is 8.38. The molecular weight excluding hydrogens is 740 g/mol. The second-order valence-corrected chi connectivity index (χ2v) is 18.7. The molecular formula is C53H37FN4Si. The van der Waals surface area contributed by atoms with Crippen molar-refractivity contribution < 1.29 is 4.39 Å². The van der Waals surface area contributed by atoms with Crippen LogP contribution in [0.4, 0.5) is 21.5 Å². The Labute approximate surface area is 343 Å². The van der Waals surface area contributed by atoms with Crippen LogP contribution < -0.4 is 25.6 Å². The summed E-state index contributed by atoms with van der Waals surface area (Å²) in [6.07, 6.45) is 2.49. The average molecular weight is 777 g/mol. The van der Waals surface area contributed by atoms with Gasteiger partial charge in [0.1, 0.15) is 5.65 Å². The van der Waals surface area contributed by atoms with Gasteiger partial charge >= 0.3 is 0 Å². The highest BCUT2D eigenvalue weighted by atomic mass is 28.3. The average Bonchev–Trinajstić information content (AvgIpc) is 3.66. The monoisotopic (exact) mass is 776 g/mol. The van der Waals surface area contributed by atoms with E-state index in [9.17, 15) is 0 Å². The van der Waals surface area contributed by atoms with Crippen LogP contribution in [0.2, 0.25) is 0 Å². The van der Waals surface area contributed by atoms with Gasteiger partial charge in [0.15, 0.2) is 14.2 Å². The van der Waals surface area contributed by atoms with Crippen LogP contribution in [-0.4, -0.2) is 22.6 Å². The van der Waals surface area contributed by atoms with Crippen molar-refractivity contribution in [3.8, 4) is 16.9 Å². The summed E-state index contributed by atoms with van der Waals surface area (Å²) in [5.74, 6) is 0. The standard InChI is InChI=1S/C53H37FN4Si/c54-51(38-19-16-18-37(34-38)45-29-14-15-33-55-45)39-20-17-23-41(35-39)58-46-30-11-10-28-44(46)50-52-48(36-56-53(50)58)57(40-21-4-1-5-22-40)47-31-12-13-32-49(47)59(52,42-24-6-2-7-25-42)43-26-8-3-9-27-43/h1-36,51H. The van der Waals surface area contributed by atoms with Gasteiger partial charge < -0.3 is 4.90 Å². The molecule has 59 heavy (non-hydrogen) atoms. The fraction of sp³-hybridized carbons (Fsp3) is 0.0189. The van der Waals surface area contributed by atoms with Gasteiger partial charge in [0.2, 0.25) is 0 Å². The van der Waals surface area contributed by atoms with Crippen molar-refractivity contribution in [1.82, 2.24) is 14.5 Å². The summed E-state index contributed by atoms with van der Waals surface area (Å²) in [5, 5.41) is 7.40. The van der Waals surface area contributed by atoms with Gasteiger partial charge in [-0.05, 0) is 86.5 Å². The summed E-state index contributed by atoms with van der Waals surface area (Å²) in [5.41, 5.74) is 8.86. The summed E-state index contributed by atoms with van der Waals surface area (Å²) in [4.78, 5) is 12.3. The van der Waals surface area contributed by atoms with Crippen molar-refractivity contribution in [3.63, 3.8) is 0 Å². The molecule has 0 saturated heterocycles. The van der Waals surface area contributed by atoms with E-state index in [1.54, 1.807) is 6.20 Å². The molecule has 4 heterocycles. The Balaban J connectivity index is 1.20. The molecule has 10 aromatic rings. The second kappa shape index (κ2) is 14.2. The molecule has 4 nitrogen and oxygen atoms in total. The number of hydrogen-bond acceptors (Lipinski definition) is 3. The molecule has 7 aromatic carbocycles. The minimum Gasteiger partial charge on any atom is -0.309 e. The van der Waals surface area contributed by atoms with Crippen LogP contribution in [0.1, 0.15) is 17.3 Å². The van der Waals surface area contributed by atoms with Crippen molar-refractivity contribution >= 4 is 67.8 Å². The Morgan fingerprint density at radius 3 is 1.88 bits per heavy atom. The van der Waals surface area contributed by atoms with Gasteiger partial charge in [0.05, 0.1) is 23.1 Å². The molecule has 0 spiro atoms. The summed E-state index contributed by atoms with van der Waals surface area (Å²) in [6.45, 7) is 0. The summed E-state index contributed by atoms with van der Waals surface area (Å²) >= 11 is 0. The van der Waals surface area contributed by atoms with Gasteiger partial charge in [0, 0.05) is 39.6 Å². The first-order chi connectivity index (χ1) is 29.2. The molecule has 0 N–H and O–H groups in total. The van der Waals surface area contributed by atoms with Crippen molar-refractivity contribution in [2.45, 2.75) is 6.17 Å². The third kappa shape index (κ3) is 5.48. The van der Waals surface area contributed by atoms with E-state index in [1.807, 2.05) is 60.7 Å². The highest BCUT2D eigenvalue weighted by Crippen LogP contribution is 2.42. The quantitative estimate of drug-likeness (QED) is 0.151. The maximum atomic E-state index is 16.8. The van der Waals surface area contributed by atoms with Crippen LogP contribution in [0.5, 0.6) is 0 Å². The largest absolute Gasteiger partial charge is 0.309 e. The molecule has 0 bridgehead atoms. The summed E-state index contributed by atoms with van der Waals surface area (Å²) in [6, 6.07) is 71.6. The van der Waals surface area contributed by atoms with Crippen molar-refractivity contribution in [2.24, 2.45) is 0 Å². The molecule has 1 unspecified atom stereocenters. The van der Waals surface area contributed by atoms with Crippen molar-refractivity contribution in [1.29, 1.82) is 0 Å². The number of rotatable bonds is 7. The van der Waals surface area contributed by atoms with E-state index >= 15 is 4.39 Å². The third-order valence-electron chi connectivity index (χ3n) is 11.8. The van der Waals surface area contributed by atoms with Gasteiger partial charge in [-0.15, -0.1) is 0 Å². The molecule has 280 valence electrons. The fourth-order valence-electron chi connectivity index (χ4n) is 9.37. The normalized spacial score (nSPS) is 13.5. The lowest BCUT2D eigenvalue weighted by molar-refractivity contribution is 0.402. The number of alkyl halides is 1. The van der Waals surface area contributed by atoms with Crippen LogP contribution in [0.3, 0.4) is 0 Å². The van der Waals surface area contributed by atoms with E-state index in [1.165, 1.54) is 20.7 Å². The van der Waals surface area contributed by atoms with E-state index in [4.69, 9.17) is 4.98 Å². The van der Waals surface area contributed by atoms with E-state index in [0.717, 1.165) is 55.9 Å². The lowest BCUT2D eigenvalue weighted by atomic mass is 9.99. The predicted octanol–water partition coefficient (Wildman–Crippen LogP) is 10.5. The predicted molar refractivity (Wildman–Crippen MR) is 243 cm³/mol. The van der Waals surface area contributed by atoms with Crippen LogP contribution in [0.25, 0.3) is 38.9 Å². The van der Waals surface area contributed by atoms with E-state index in [-0.39, 0.29) is 0 Å². The number of nitrogens with zero attached hydrogens (tertiary/aromatic N) is 4. The molecule has 1 aliphatic heterocycles. The van der Waals surface area contributed by atoms with Crippen LogP contribution in [-0.2, 0) is 0 Å². The molecule has 11 rings (SSSR count). The molecule has 0 radical (unpaired) electrons. The second-order valence-electron chi connectivity index (χ2n) is 15.0. The maximum absolute atomic E-state index is 16.8. The fourth-order valence-corrected chi connectivity index (χ4v) is 14.7. The Bertz CT molecular complexity index is 3090. The first-order valence-corrected chi connectivity index (χ1v) is 22.0. The number of hydrogen-bond donors (Lipinski definition) is 0. The molecule has 1 atom stereocenters. The first-order valence-electron chi connectivity index (χ1n) is 20.0.